The van der Waals surface area contributed by atoms with E-state index in [4.69, 9.17) is 4.74 Å². The van der Waals surface area contributed by atoms with Crippen molar-refractivity contribution in [3.8, 4) is 0 Å². The van der Waals surface area contributed by atoms with Crippen molar-refractivity contribution in [1.82, 2.24) is 0 Å². The highest BCUT2D eigenvalue weighted by molar-refractivity contribution is 5.52. The molecule has 0 bridgehead atoms. The number of ether oxygens (including phenoxy) is 1. The number of rotatable bonds is 4. The number of aryl methyl sites for hydroxylation is 3. The number of nitrogens with zero attached hydrogens (tertiary/aromatic N) is 1. The van der Waals surface area contributed by atoms with E-state index >= 15 is 0 Å². The summed E-state index contributed by atoms with van der Waals surface area (Å²) in [5.41, 5.74) is 5.57. The standard InChI is InChI=1S/C22H29NO/c1-16-14-22(23-15-17(2)24-19(4)18(23)3)13-12-21(16)11-10-20-8-6-5-7-9-20/h5-9,12-14,17-19H,10-11,15H2,1-4H3/t17-,18?,19+/m0/s1. The number of anilines is 1. The third kappa shape index (κ3) is 3.81. The lowest BCUT2D eigenvalue weighted by Gasteiger charge is -2.42. The second kappa shape index (κ2) is 7.40. The maximum atomic E-state index is 5.95. The van der Waals surface area contributed by atoms with E-state index in [9.17, 15) is 0 Å². The topological polar surface area (TPSA) is 12.5 Å². The van der Waals surface area contributed by atoms with Gasteiger partial charge in [-0.1, -0.05) is 36.4 Å². The van der Waals surface area contributed by atoms with E-state index in [1.165, 1.54) is 22.4 Å². The van der Waals surface area contributed by atoms with Gasteiger partial charge in [0, 0.05) is 12.2 Å². The van der Waals surface area contributed by atoms with Crippen LogP contribution in [0.15, 0.2) is 48.5 Å². The quantitative estimate of drug-likeness (QED) is 0.802. The molecule has 0 aromatic heterocycles. The van der Waals surface area contributed by atoms with Gasteiger partial charge in [-0.25, -0.2) is 0 Å². The third-order valence-corrected chi connectivity index (χ3v) is 5.26. The molecule has 2 nitrogen and oxygen atoms in total. The van der Waals surface area contributed by atoms with Gasteiger partial charge in [-0.05, 0) is 69.4 Å². The van der Waals surface area contributed by atoms with Gasteiger partial charge in [-0.15, -0.1) is 0 Å². The Morgan fingerprint density at radius 2 is 1.75 bits per heavy atom. The molecule has 1 saturated heterocycles. The van der Waals surface area contributed by atoms with E-state index in [2.05, 4.69) is 81.1 Å². The Bertz CT molecular complexity index is 667. The van der Waals surface area contributed by atoms with E-state index < -0.39 is 0 Å². The molecule has 1 fully saturated rings. The minimum atomic E-state index is 0.270. The minimum Gasteiger partial charge on any atom is -0.372 e. The van der Waals surface area contributed by atoms with Gasteiger partial charge in [0.1, 0.15) is 0 Å². The maximum absolute atomic E-state index is 5.95. The molecule has 24 heavy (non-hydrogen) atoms. The first kappa shape index (κ1) is 17.0. The maximum Gasteiger partial charge on any atom is 0.0751 e. The first-order valence-corrected chi connectivity index (χ1v) is 9.10. The Hall–Kier alpha value is -1.80. The lowest BCUT2D eigenvalue weighted by Crippen LogP contribution is -2.52. The van der Waals surface area contributed by atoms with Crippen molar-refractivity contribution < 1.29 is 4.74 Å². The van der Waals surface area contributed by atoms with E-state index in [-0.39, 0.29) is 12.2 Å². The zero-order valence-electron chi connectivity index (χ0n) is 15.3. The first-order valence-electron chi connectivity index (χ1n) is 9.10. The molecular formula is C22H29NO. The van der Waals surface area contributed by atoms with Crippen molar-refractivity contribution in [3.05, 3.63) is 65.2 Å². The van der Waals surface area contributed by atoms with Crippen LogP contribution in [-0.2, 0) is 17.6 Å². The number of benzene rings is 2. The monoisotopic (exact) mass is 323 g/mol. The van der Waals surface area contributed by atoms with Gasteiger partial charge in [-0.3, -0.25) is 0 Å². The van der Waals surface area contributed by atoms with Crippen LogP contribution < -0.4 is 4.90 Å². The van der Waals surface area contributed by atoms with Crippen LogP contribution in [0.25, 0.3) is 0 Å². The zero-order chi connectivity index (χ0) is 17.1. The Balaban J connectivity index is 1.72. The van der Waals surface area contributed by atoms with Crippen molar-refractivity contribution in [2.24, 2.45) is 0 Å². The van der Waals surface area contributed by atoms with Crippen molar-refractivity contribution >= 4 is 5.69 Å². The molecule has 3 rings (SSSR count). The number of morpholine rings is 1. The molecule has 0 amide bonds. The molecule has 1 aliphatic heterocycles. The van der Waals surface area contributed by atoms with Crippen LogP contribution in [-0.4, -0.2) is 24.8 Å². The fraction of sp³-hybridized carbons (Fsp3) is 0.455. The van der Waals surface area contributed by atoms with E-state index in [0.29, 0.717) is 6.04 Å². The van der Waals surface area contributed by atoms with Gasteiger partial charge in [0.25, 0.3) is 0 Å². The average Bonchev–Trinajstić information content (AvgIpc) is 2.58. The summed E-state index contributed by atoms with van der Waals surface area (Å²) in [6, 6.07) is 18.1. The second-order valence-electron chi connectivity index (χ2n) is 7.14. The van der Waals surface area contributed by atoms with Gasteiger partial charge in [-0.2, -0.15) is 0 Å². The fourth-order valence-electron chi connectivity index (χ4n) is 3.62. The summed E-state index contributed by atoms with van der Waals surface area (Å²) in [4.78, 5) is 2.49. The lowest BCUT2D eigenvalue weighted by atomic mass is 9.99. The summed E-state index contributed by atoms with van der Waals surface area (Å²) in [5, 5.41) is 0. The summed E-state index contributed by atoms with van der Waals surface area (Å²) in [6.45, 7) is 9.80. The van der Waals surface area contributed by atoms with Crippen molar-refractivity contribution in [1.29, 1.82) is 0 Å². The van der Waals surface area contributed by atoms with Crippen molar-refractivity contribution in [2.75, 3.05) is 11.4 Å². The summed E-state index contributed by atoms with van der Waals surface area (Å²) in [6.07, 6.45) is 2.76. The van der Waals surface area contributed by atoms with Crippen LogP contribution in [0.1, 0.15) is 37.5 Å². The molecule has 128 valence electrons. The van der Waals surface area contributed by atoms with Crippen molar-refractivity contribution in [2.45, 2.75) is 58.8 Å². The molecule has 1 heterocycles. The number of hydrogen-bond donors (Lipinski definition) is 0. The second-order valence-corrected chi connectivity index (χ2v) is 7.14. The molecule has 1 aliphatic rings. The van der Waals surface area contributed by atoms with E-state index in [1.54, 1.807) is 0 Å². The molecule has 1 unspecified atom stereocenters. The highest BCUT2D eigenvalue weighted by atomic mass is 16.5. The highest BCUT2D eigenvalue weighted by Gasteiger charge is 2.29. The Morgan fingerprint density at radius 1 is 1.00 bits per heavy atom. The van der Waals surface area contributed by atoms with Crippen molar-refractivity contribution in [3.63, 3.8) is 0 Å². The summed E-state index contributed by atoms with van der Waals surface area (Å²) >= 11 is 0. The van der Waals surface area contributed by atoms with Gasteiger partial charge >= 0.3 is 0 Å². The Morgan fingerprint density at radius 3 is 2.46 bits per heavy atom. The van der Waals surface area contributed by atoms with Crippen LogP contribution in [0.2, 0.25) is 0 Å². The lowest BCUT2D eigenvalue weighted by molar-refractivity contribution is -0.0257. The number of hydrogen-bond acceptors (Lipinski definition) is 2. The molecule has 2 aromatic rings. The molecule has 0 saturated carbocycles. The minimum absolute atomic E-state index is 0.270. The average molecular weight is 323 g/mol. The smallest absolute Gasteiger partial charge is 0.0751 e. The Labute approximate surface area is 146 Å². The summed E-state index contributed by atoms with van der Waals surface area (Å²) < 4.78 is 5.95. The van der Waals surface area contributed by atoms with Crippen LogP contribution in [0.5, 0.6) is 0 Å². The largest absolute Gasteiger partial charge is 0.372 e. The van der Waals surface area contributed by atoms with Crippen LogP contribution >= 0.6 is 0 Å². The summed E-state index contributed by atoms with van der Waals surface area (Å²) in [5.74, 6) is 0. The normalized spacial score (nSPS) is 24.2. The first-order chi connectivity index (χ1) is 11.5. The molecule has 0 radical (unpaired) electrons. The molecule has 0 aliphatic carbocycles. The van der Waals surface area contributed by atoms with E-state index in [1.807, 2.05) is 0 Å². The van der Waals surface area contributed by atoms with Gasteiger partial charge in [0.05, 0.1) is 18.2 Å². The predicted molar refractivity (Wildman–Crippen MR) is 102 cm³/mol. The molecule has 2 aromatic carbocycles. The molecule has 0 N–H and O–H groups in total. The van der Waals surface area contributed by atoms with Crippen LogP contribution in [0.3, 0.4) is 0 Å². The highest BCUT2D eigenvalue weighted by Crippen LogP contribution is 2.27. The van der Waals surface area contributed by atoms with Gasteiger partial charge in [0.2, 0.25) is 0 Å². The molecule has 2 heteroatoms. The van der Waals surface area contributed by atoms with Gasteiger partial charge in [0.15, 0.2) is 0 Å². The third-order valence-electron chi connectivity index (χ3n) is 5.26. The summed E-state index contributed by atoms with van der Waals surface area (Å²) in [7, 11) is 0. The SMILES string of the molecule is Cc1cc(N2C[C@H](C)O[C@H](C)C2C)ccc1CCc1ccccc1. The molecule has 0 spiro atoms. The van der Waals surface area contributed by atoms with Crippen LogP contribution in [0.4, 0.5) is 5.69 Å². The zero-order valence-corrected chi connectivity index (χ0v) is 15.3. The van der Waals surface area contributed by atoms with Crippen LogP contribution in [0, 0.1) is 6.92 Å². The van der Waals surface area contributed by atoms with E-state index in [0.717, 1.165) is 19.4 Å². The predicted octanol–water partition coefficient (Wildman–Crippen LogP) is 4.78. The van der Waals surface area contributed by atoms with Gasteiger partial charge < -0.3 is 9.64 Å². The Kier molecular flexibility index (Phi) is 5.25. The fourth-order valence-corrected chi connectivity index (χ4v) is 3.62. The molecular weight excluding hydrogens is 294 g/mol. The molecule has 3 atom stereocenters.